The SMILES string of the molecule is COc1ncc(N2CCOc3ccc(O[C@H]4CCN(C=O)C4)c(C)c32)cc1C. The maximum Gasteiger partial charge on any atom is 0.216 e. The van der Waals surface area contributed by atoms with Crippen molar-refractivity contribution in [1.82, 2.24) is 9.88 Å². The number of likely N-dealkylation sites (tertiary alicyclic amines) is 1. The van der Waals surface area contributed by atoms with Gasteiger partial charge in [0, 0.05) is 24.1 Å². The lowest BCUT2D eigenvalue weighted by molar-refractivity contribution is -0.117. The van der Waals surface area contributed by atoms with Gasteiger partial charge < -0.3 is 24.0 Å². The zero-order valence-electron chi connectivity index (χ0n) is 16.5. The number of nitrogens with zero attached hydrogens (tertiary/aromatic N) is 3. The molecule has 7 heteroatoms. The number of rotatable bonds is 5. The molecule has 2 aliphatic heterocycles. The third-order valence-electron chi connectivity index (χ3n) is 5.33. The number of carbonyl (C=O) groups excluding carboxylic acids is 1. The van der Waals surface area contributed by atoms with Gasteiger partial charge in [0.25, 0.3) is 0 Å². The summed E-state index contributed by atoms with van der Waals surface area (Å²) in [6, 6.07) is 5.99. The van der Waals surface area contributed by atoms with Crippen molar-refractivity contribution in [3.8, 4) is 17.4 Å². The average Bonchev–Trinajstić information content (AvgIpc) is 3.17. The molecule has 1 aromatic heterocycles. The number of ether oxygens (including phenoxy) is 3. The van der Waals surface area contributed by atoms with E-state index in [1.54, 1.807) is 12.0 Å². The van der Waals surface area contributed by atoms with E-state index >= 15 is 0 Å². The highest BCUT2D eigenvalue weighted by atomic mass is 16.5. The Morgan fingerprint density at radius 3 is 2.86 bits per heavy atom. The minimum absolute atomic E-state index is 0.0183. The molecular weight excluding hydrogens is 358 g/mol. The number of amides is 1. The van der Waals surface area contributed by atoms with Crippen molar-refractivity contribution >= 4 is 17.8 Å². The molecule has 7 nitrogen and oxygen atoms in total. The number of anilines is 2. The third-order valence-corrected chi connectivity index (χ3v) is 5.33. The van der Waals surface area contributed by atoms with Gasteiger partial charge >= 0.3 is 0 Å². The molecule has 0 aliphatic carbocycles. The largest absolute Gasteiger partial charge is 0.490 e. The summed E-state index contributed by atoms with van der Waals surface area (Å²) >= 11 is 0. The Hall–Kier alpha value is -2.96. The molecule has 3 heterocycles. The molecule has 1 saturated heterocycles. The summed E-state index contributed by atoms with van der Waals surface area (Å²) in [5.41, 5.74) is 4.00. The first-order valence-electron chi connectivity index (χ1n) is 9.51. The van der Waals surface area contributed by atoms with Crippen molar-refractivity contribution in [1.29, 1.82) is 0 Å². The second-order valence-corrected chi connectivity index (χ2v) is 7.18. The van der Waals surface area contributed by atoms with E-state index in [0.717, 1.165) is 59.9 Å². The van der Waals surface area contributed by atoms with Gasteiger partial charge in [0.15, 0.2) is 0 Å². The van der Waals surface area contributed by atoms with Crippen molar-refractivity contribution < 1.29 is 19.0 Å². The molecule has 148 valence electrons. The van der Waals surface area contributed by atoms with E-state index in [2.05, 4.69) is 16.0 Å². The van der Waals surface area contributed by atoms with Crippen LogP contribution in [-0.2, 0) is 4.79 Å². The van der Waals surface area contributed by atoms with Gasteiger partial charge in [-0.2, -0.15) is 0 Å². The summed E-state index contributed by atoms with van der Waals surface area (Å²) in [5, 5.41) is 0. The Labute approximate surface area is 164 Å². The molecule has 1 atom stereocenters. The maximum absolute atomic E-state index is 11.0. The quantitative estimate of drug-likeness (QED) is 0.740. The van der Waals surface area contributed by atoms with Crippen LogP contribution in [-0.4, -0.2) is 55.7 Å². The van der Waals surface area contributed by atoms with Crippen LogP contribution in [0.2, 0.25) is 0 Å². The van der Waals surface area contributed by atoms with Crippen LogP contribution in [0.25, 0.3) is 0 Å². The average molecular weight is 383 g/mol. The van der Waals surface area contributed by atoms with Crippen LogP contribution in [0.3, 0.4) is 0 Å². The lowest BCUT2D eigenvalue weighted by atomic mass is 10.1. The minimum Gasteiger partial charge on any atom is -0.490 e. The van der Waals surface area contributed by atoms with E-state index < -0.39 is 0 Å². The molecule has 0 unspecified atom stereocenters. The van der Waals surface area contributed by atoms with E-state index in [1.165, 1.54) is 0 Å². The number of aryl methyl sites for hydroxylation is 1. The van der Waals surface area contributed by atoms with Crippen molar-refractivity contribution in [2.24, 2.45) is 0 Å². The van der Waals surface area contributed by atoms with Crippen LogP contribution in [0.15, 0.2) is 24.4 Å². The maximum atomic E-state index is 11.0. The van der Waals surface area contributed by atoms with E-state index in [9.17, 15) is 4.79 Å². The molecule has 0 saturated carbocycles. The molecule has 1 aromatic carbocycles. The van der Waals surface area contributed by atoms with Crippen molar-refractivity contribution in [3.63, 3.8) is 0 Å². The highest BCUT2D eigenvalue weighted by Crippen LogP contribution is 2.43. The number of aromatic nitrogens is 1. The lowest BCUT2D eigenvalue weighted by Gasteiger charge is -2.33. The summed E-state index contributed by atoms with van der Waals surface area (Å²) in [4.78, 5) is 19.4. The van der Waals surface area contributed by atoms with Gasteiger partial charge in [-0.25, -0.2) is 4.98 Å². The zero-order chi connectivity index (χ0) is 19.7. The Morgan fingerprint density at radius 2 is 2.14 bits per heavy atom. The molecule has 0 N–H and O–H groups in total. The first-order valence-corrected chi connectivity index (χ1v) is 9.51. The van der Waals surface area contributed by atoms with Crippen molar-refractivity contribution in [2.75, 3.05) is 38.3 Å². The number of hydrogen-bond acceptors (Lipinski definition) is 6. The Bertz CT molecular complexity index is 886. The predicted molar refractivity (Wildman–Crippen MR) is 106 cm³/mol. The fourth-order valence-electron chi connectivity index (χ4n) is 3.89. The molecule has 0 radical (unpaired) electrons. The van der Waals surface area contributed by atoms with E-state index in [1.807, 2.05) is 32.2 Å². The van der Waals surface area contributed by atoms with Crippen LogP contribution in [0.4, 0.5) is 11.4 Å². The molecule has 28 heavy (non-hydrogen) atoms. The second-order valence-electron chi connectivity index (χ2n) is 7.18. The van der Waals surface area contributed by atoms with Gasteiger partial charge in [-0.15, -0.1) is 0 Å². The van der Waals surface area contributed by atoms with Crippen LogP contribution in [0.1, 0.15) is 17.5 Å². The predicted octanol–water partition coefficient (Wildman–Crippen LogP) is 2.85. The Balaban J connectivity index is 1.66. The van der Waals surface area contributed by atoms with Gasteiger partial charge in [-0.3, -0.25) is 4.79 Å². The Kier molecular flexibility index (Phi) is 4.98. The van der Waals surface area contributed by atoms with E-state index in [0.29, 0.717) is 19.0 Å². The minimum atomic E-state index is 0.0183. The number of benzene rings is 1. The van der Waals surface area contributed by atoms with Crippen LogP contribution >= 0.6 is 0 Å². The molecule has 2 aliphatic rings. The molecule has 4 rings (SSSR count). The topological polar surface area (TPSA) is 64.1 Å². The number of carbonyl (C=O) groups is 1. The highest BCUT2D eigenvalue weighted by molar-refractivity contribution is 5.76. The van der Waals surface area contributed by atoms with Gasteiger partial charge in [-0.05, 0) is 32.0 Å². The lowest BCUT2D eigenvalue weighted by Crippen LogP contribution is -2.30. The van der Waals surface area contributed by atoms with Gasteiger partial charge in [0.05, 0.1) is 37.8 Å². The number of hydrogen-bond donors (Lipinski definition) is 0. The summed E-state index contributed by atoms with van der Waals surface area (Å²) < 4.78 is 17.4. The second kappa shape index (κ2) is 7.58. The molecular formula is C21H25N3O4. The smallest absolute Gasteiger partial charge is 0.216 e. The summed E-state index contributed by atoms with van der Waals surface area (Å²) in [7, 11) is 1.63. The number of methoxy groups -OCH3 is 1. The standard InChI is InChI=1S/C21H25N3O4/c1-14-10-16(11-22-21(14)26-3)24-8-9-27-19-5-4-18(15(2)20(19)24)28-17-6-7-23(12-17)13-25/h4-5,10-11,13,17H,6-9,12H2,1-3H3/t17-/m0/s1. The fraction of sp³-hybridized carbons (Fsp3) is 0.429. The fourth-order valence-corrected chi connectivity index (χ4v) is 3.89. The van der Waals surface area contributed by atoms with Crippen LogP contribution in [0.5, 0.6) is 17.4 Å². The van der Waals surface area contributed by atoms with Crippen molar-refractivity contribution in [3.05, 3.63) is 35.5 Å². The molecule has 1 amide bonds. The summed E-state index contributed by atoms with van der Waals surface area (Å²) in [5.74, 6) is 2.29. The molecule has 1 fully saturated rings. The third kappa shape index (κ3) is 3.32. The number of fused-ring (bicyclic) bond motifs is 1. The van der Waals surface area contributed by atoms with Crippen LogP contribution < -0.4 is 19.1 Å². The summed E-state index contributed by atoms with van der Waals surface area (Å²) in [6.07, 6.45) is 3.58. The van der Waals surface area contributed by atoms with Crippen molar-refractivity contribution in [2.45, 2.75) is 26.4 Å². The van der Waals surface area contributed by atoms with E-state index in [-0.39, 0.29) is 6.10 Å². The van der Waals surface area contributed by atoms with Gasteiger partial charge in [0.1, 0.15) is 24.2 Å². The molecule has 0 bridgehead atoms. The molecule has 0 spiro atoms. The first kappa shape index (κ1) is 18.4. The molecule has 2 aromatic rings. The number of pyridine rings is 1. The monoisotopic (exact) mass is 383 g/mol. The zero-order valence-corrected chi connectivity index (χ0v) is 16.5. The highest BCUT2D eigenvalue weighted by Gasteiger charge is 2.27. The normalized spacial score (nSPS) is 18.5. The van der Waals surface area contributed by atoms with E-state index in [4.69, 9.17) is 14.2 Å². The van der Waals surface area contributed by atoms with Gasteiger partial charge in [0.2, 0.25) is 12.3 Å². The van der Waals surface area contributed by atoms with Gasteiger partial charge in [-0.1, -0.05) is 0 Å². The Morgan fingerprint density at radius 1 is 1.29 bits per heavy atom. The first-order chi connectivity index (χ1) is 13.6. The van der Waals surface area contributed by atoms with Crippen LogP contribution in [0, 0.1) is 13.8 Å². The summed E-state index contributed by atoms with van der Waals surface area (Å²) in [6.45, 7) is 6.74.